The lowest BCUT2D eigenvalue weighted by Crippen LogP contribution is -2.36. The Bertz CT molecular complexity index is 704. The van der Waals surface area contributed by atoms with Gasteiger partial charge >= 0.3 is 12.4 Å². The molecule has 0 aliphatic heterocycles. The van der Waals surface area contributed by atoms with Crippen molar-refractivity contribution in [3.8, 4) is 0 Å². The van der Waals surface area contributed by atoms with Crippen LogP contribution in [-0.4, -0.2) is 46.1 Å². The van der Waals surface area contributed by atoms with Crippen LogP contribution in [0.3, 0.4) is 0 Å². The summed E-state index contributed by atoms with van der Waals surface area (Å²) in [5.74, 6) is -4.85. The minimum Gasteiger partial charge on any atom is -0.361 e. The summed E-state index contributed by atoms with van der Waals surface area (Å²) < 4.78 is 0. The van der Waals surface area contributed by atoms with E-state index in [1.807, 2.05) is 0 Å². The highest BCUT2D eigenvalue weighted by molar-refractivity contribution is 6.40. The normalized spacial score (nSPS) is 13.3. The van der Waals surface area contributed by atoms with Crippen LogP contribution in [0.15, 0.2) is 30.3 Å². The van der Waals surface area contributed by atoms with Crippen molar-refractivity contribution in [2.45, 2.75) is 18.8 Å². The number of carbonyl (C=O) groups is 4. The third-order valence-electron chi connectivity index (χ3n) is 3.78. The molecule has 1 rings (SSSR count). The second-order valence-corrected chi connectivity index (χ2v) is 5.25. The number of rotatable bonds is 11. The van der Waals surface area contributed by atoms with Crippen LogP contribution in [0.4, 0.5) is 0 Å². The zero-order valence-corrected chi connectivity index (χ0v) is 13.3. The van der Waals surface area contributed by atoms with Gasteiger partial charge in [-0.1, -0.05) is 30.3 Å². The van der Waals surface area contributed by atoms with Crippen LogP contribution in [0.5, 0.6) is 0 Å². The number of Topliss-reactive ketones (excluding diaryl/α,β-unsaturated/α-hetero) is 2. The summed E-state index contributed by atoms with van der Waals surface area (Å²) in [7, 11) is 0. The zero-order valence-electron chi connectivity index (χ0n) is 13.3. The van der Waals surface area contributed by atoms with Crippen LogP contribution in [-0.2, 0) is 19.2 Å². The number of ketones is 2. The maximum atomic E-state index is 12.3. The standard InChI is InChI=1S/C17H16N4O4/c18-20-9-14(24)17(15(25)10-21-19)16(12-5-2-1-3-6-12)13(11-23)7-4-8-22/h1-3,5-6,8-11,13,16-17H,4,7H2. The molecule has 8 heteroatoms. The van der Waals surface area contributed by atoms with Crippen LogP contribution in [0.2, 0.25) is 0 Å². The smallest absolute Gasteiger partial charge is 0.323 e. The van der Waals surface area contributed by atoms with Gasteiger partial charge in [-0.15, -0.1) is 0 Å². The first-order chi connectivity index (χ1) is 12.1. The number of hydrogen-bond donors (Lipinski definition) is 0. The summed E-state index contributed by atoms with van der Waals surface area (Å²) in [6.45, 7) is 0. The van der Waals surface area contributed by atoms with E-state index in [4.69, 9.17) is 11.1 Å². The molecule has 1 aromatic carbocycles. The van der Waals surface area contributed by atoms with Crippen molar-refractivity contribution in [2.24, 2.45) is 11.8 Å². The molecule has 0 amide bonds. The molecule has 0 radical (unpaired) electrons. The van der Waals surface area contributed by atoms with Gasteiger partial charge in [-0.05, 0) is 12.0 Å². The van der Waals surface area contributed by atoms with E-state index in [2.05, 4.69) is 9.58 Å². The molecule has 1 aromatic rings. The van der Waals surface area contributed by atoms with Gasteiger partial charge in [-0.25, -0.2) is 0 Å². The van der Waals surface area contributed by atoms with E-state index >= 15 is 0 Å². The molecule has 8 nitrogen and oxygen atoms in total. The van der Waals surface area contributed by atoms with Gasteiger partial charge in [0.1, 0.15) is 18.5 Å². The first-order valence-electron chi connectivity index (χ1n) is 7.47. The highest BCUT2D eigenvalue weighted by atomic mass is 16.2. The first-order valence-corrected chi connectivity index (χ1v) is 7.47. The Kier molecular flexibility index (Phi) is 8.23. The van der Waals surface area contributed by atoms with Gasteiger partial charge in [0.05, 0.1) is 0 Å². The third kappa shape index (κ3) is 5.35. The molecule has 0 saturated carbocycles. The van der Waals surface area contributed by atoms with Crippen molar-refractivity contribution < 1.29 is 28.8 Å². The quantitative estimate of drug-likeness (QED) is 0.194. The summed E-state index contributed by atoms with van der Waals surface area (Å²) in [4.78, 5) is 52.2. The SMILES string of the molecule is [N-]=[N+]=CC(=O)C(C(=O)C=[N+]=[N-])C(c1ccccc1)C(C=O)CCC=O. The van der Waals surface area contributed by atoms with Crippen LogP contribution in [0.25, 0.3) is 11.1 Å². The molecular weight excluding hydrogens is 324 g/mol. The number of benzene rings is 1. The van der Waals surface area contributed by atoms with Crippen molar-refractivity contribution in [1.29, 1.82) is 0 Å². The summed E-state index contributed by atoms with van der Waals surface area (Å²) >= 11 is 0. The Hall–Kier alpha value is -3.34. The average Bonchev–Trinajstić information content (AvgIpc) is 2.62. The maximum Gasteiger partial charge on any atom is 0.323 e. The van der Waals surface area contributed by atoms with Crippen molar-refractivity contribution >= 4 is 36.6 Å². The first kappa shape index (κ1) is 19.7. The average molecular weight is 340 g/mol. The zero-order chi connectivity index (χ0) is 18.7. The molecule has 0 saturated heterocycles. The predicted octanol–water partition coefficient (Wildman–Crippen LogP) is 0.920. The second-order valence-electron chi connectivity index (χ2n) is 5.25. The molecule has 0 N–H and O–H groups in total. The highest BCUT2D eigenvalue weighted by Gasteiger charge is 2.41. The van der Waals surface area contributed by atoms with Crippen LogP contribution >= 0.6 is 0 Å². The molecule has 0 spiro atoms. The molecule has 0 heterocycles. The van der Waals surface area contributed by atoms with E-state index in [9.17, 15) is 19.2 Å². The van der Waals surface area contributed by atoms with Crippen LogP contribution in [0.1, 0.15) is 24.3 Å². The summed E-state index contributed by atoms with van der Waals surface area (Å²) in [5, 5.41) is 0. The van der Waals surface area contributed by atoms with E-state index < -0.39 is 29.3 Å². The monoisotopic (exact) mass is 340 g/mol. The minimum absolute atomic E-state index is 0.0734. The van der Waals surface area contributed by atoms with Crippen molar-refractivity contribution in [1.82, 2.24) is 0 Å². The van der Waals surface area contributed by atoms with Gasteiger partial charge in [0.25, 0.3) is 0 Å². The molecule has 0 aliphatic rings. The molecule has 0 aromatic heterocycles. The highest BCUT2D eigenvalue weighted by Crippen LogP contribution is 2.34. The molecule has 0 bridgehead atoms. The maximum absolute atomic E-state index is 12.3. The fourth-order valence-electron chi connectivity index (χ4n) is 2.72. The molecule has 128 valence electrons. The second kappa shape index (κ2) is 10.4. The van der Waals surface area contributed by atoms with Crippen molar-refractivity contribution in [2.75, 3.05) is 0 Å². The molecular formula is C17H16N4O4. The lowest BCUT2D eigenvalue weighted by atomic mass is 9.72. The van der Waals surface area contributed by atoms with E-state index in [0.717, 1.165) is 0 Å². The van der Waals surface area contributed by atoms with Gasteiger partial charge in [0.2, 0.25) is 11.6 Å². The fraction of sp³-hybridized carbons (Fsp3) is 0.294. The minimum atomic E-state index is -1.43. The lowest BCUT2D eigenvalue weighted by molar-refractivity contribution is -0.131. The van der Waals surface area contributed by atoms with E-state index in [-0.39, 0.29) is 12.8 Å². The van der Waals surface area contributed by atoms with E-state index in [1.54, 1.807) is 30.3 Å². The molecule has 25 heavy (non-hydrogen) atoms. The Balaban J connectivity index is 3.51. The largest absolute Gasteiger partial charge is 0.361 e. The number of nitrogens with zero attached hydrogens (tertiary/aromatic N) is 4. The summed E-state index contributed by atoms with van der Waals surface area (Å²) in [6, 6.07) is 8.36. The van der Waals surface area contributed by atoms with Crippen molar-refractivity contribution in [3.63, 3.8) is 0 Å². The van der Waals surface area contributed by atoms with Crippen LogP contribution in [0, 0.1) is 11.8 Å². The topological polar surface area (TPSA) is 141 Å². The predicted molar refractivity (Wildman–Crippen MR) is 86.9 cm³/mol. The third-order valence-corrected chi connectivity index (χ3v) is 3.78. The van der Waals surface area contributed by atoms with Crippen LogP contribution < -0.4 is 0 Å². The Morgan fingerprint density at radius 2 is 1.56 bits per heavy atom. The number of hydrogen-bond acceptors (Lipinski definition) is 4. The van der Waals surface area contributed by atoms with Crippen molar-refractivity contribution in [3.05, 3.63) is 47.0 Å². The summed E-state index contributed by atoms with van der Waals surface area (Å²) in [6.07, 6.45) is 2.55. The molecule has 2 unspecified atom stereocenters. The molecule has 2 atom stereocenters. The van der Waals surface area contributed by atoms with Gasteiger partial charge in [-0.2, -0.15) is 9.58 Å². The van der Waals surface area contributed by atoms with E-state index in [1.165, 1.54) is 0 Å². The Labute approximate surface area is 143 Å². The van der Waals surface area contributed by atoms with Gasteiger partial charge in [-0.3, -0.25) is 9.59 Å². The Morgan fingerprint density at radius 1 is 1.00 bits per heavy atom. The van der Waals surface area contributed by atoms with E-state index in [0.29, 0.717) is 30.6 Å². The lowest BCUT2D eigenvalue weighted by Gasteiger charge is -2.26. The van der Waals surface area contributed by atoms with Gasteiger partial charge in [0.15, 0.2) is 0 Å². The fourth-order valence-corrected chi connectivity index (χ4v) is 2.72. The van der Waals surface area contributed by atoms with Gasteiger partial charge in [0, 0.05) is 18.3 Å². The number of aldehydes is 2. The summed E-state index contributed by atoms with van der Waals surface area (Å²) in [5.41, 5.74) is 17.8. The number of carbonyl (C=O) groups excluding carboxylic acids is 4. The molecule has 0 fully saturated rings. The van der Waals surface area contributed by atoms with Gasteiger partial charge < -0.3 is 20.7 Å². The molecule has 0 aliphatic carbocycles. The Morgan fingerprint density at radius 3 is 2.00 bits per heavy atom.